The lowest BCUT2D eigenvalue weighted by Gasteiger charge is -2.15. The van der Waals surface area contributed by atoms with Gasteiger partial charge in [-0.15, -0.1) is 4.73 Å². The topological polar surface area (TPSA) is 44.1 Å². The third-order valence-electron chi connectivity index (χ3n) is 4.30. The Morgan fingerprint density at radius 3 is 2.31 bits per heavy atom. The zero-order chi connectivity index (χ0) is 17.9. The van der Waals surface area contributed by atoms with Gasteiger partial charge in [0.2, 0.25) is 0 Å². The number of rotatable bonds is 4. The van der Waals surface area contributed by atoms with Gasteiger partial charge >= 0.3 is 0 Å². The summed E-state index contributed by atoms with van der Waals surface area (Å²) in [5.41, 5.74) is 3.29. The van der Waals surface area contributed by atoms with Gasteiger partial charge in [0, 0.05) is 5.56 Å². The second kappa shape index (κ2) is 6.84. The summed E-state index contributed by atoms with van der Waals surface area (Å²) in [6, 6.07) is 25.0. The molecule has 1 aromatic heterocycles. The van der Waals surface area contributed by atoms with Crippen molar-refractivity contribution in [1.29, 1.82) is 0 Å². The molecule has 0 aliphatic heterocycles. The average Bonchev–Trinajstić information content (AvgIpc) is 2.69. The van der Waals surface area contributed by atoms with Crippen LogP contribution in [0.4, 0.5) is 0 Å². The monoisotopic (exact) mass is 342 g/mol. The highest BCUT2D eigenvalue weighted by molar-refractivity contribution is 5.82. The molecule has 0 N–H and O–H groups in total. The minimum Gasteiger partial charge on any atom is -0.404 e. The third kappa shape index (κ3) is 2.97. The minimum absolute atomic E-state index is 0.200. The van der Waals surface area contributed by atoms with E-state index in [4.69, 9.17) is 9.82 Å². The molecule has 0 aliphatic carbocycles. The van der Waals surface area contributed by atoms with E-state index in [2.05, 4.69) is 0 Å². The summed E-state index contributed by atoms with van der Waals surface area (Å²) >= 11 is 0. The molecule has 128 valence electrons. The molecular formula is C22H18N2O2. The van der Waals surface area contributed by atoms with Gasteiger partial charge in [-0.3, -0.25) is 4.79 Å². The van der Waals surface area contributed by atoms with Crippen LogP contribution in [0.25, 0.3) is 22.3 Å². The van der Waals surface area contributed by atoms with Crippen molar-refractivity contribution in [3.8, 4) is 11.4 Å². The third-order valence-corrected chi connectivity index (χ3v) is 4.30. The van der Waals surface area contributed by atoms with E-state index in [1.807, 2.05) is 79.7 Å². The average molecular weight is 342 g/mol. The van der Waals surface area contributed by atoms with Gasteiger partial charge in [0.1, 0.15) is 6.61 Å². The Morgan fingerprint density at radius 2 is 1.58 bits per heavy atom. The van der Waals surface area contributed by atoms with Crippen molar-refractivity contribution >= 4 is 10.9 Å². The molecular weight excluding hydrogens is 324 g/mol. The molecule has 0 fully saturated rings. The Bertz CT molecular complexity index is 1100. The first-order valence-corrected chi connectivity index (χ1v) is 8.49. The fraction of sp³-hybridized carbons (Fsp3) is 0.0909. The van der Waals surface area contributed by atoms with Crippen molar-refractivity contribution in [3.63, 3.8) is 0 Å². The Morgan fingerprint density at radius 1 is 0.885 bits per heavy atom. The Kier molecular flexibility index (Phi) is 4.23. The summed E-state index contributed by atoms with van der Waals surface area (Å²) in [7, 11) is 0. The largest absolute Gasteiger partial charge is 0.404 e. The lowest BCUT2D eigenvalue weighted by molar-refractivity contribution is 0.0920. The molecule has 4 aromatic rings. The van der Waals surface area contributed by atoms with Crippen molar-refractivity contribution in [2.45, 2.75) is 13.5 Å². The SMILES string of the molecule is Cc1cccc2c(=O)n(OCc3ccccc3)c(-c3ccccc3)nc12. The summed E-state index contributed by atoms with van der Waals surface area (Å²) in [6.07, 6.45) is 0. The molecule has 0 saturated carbocycles. The summed E-state index contributed by atoms with van der Waals surface area (Å²) < 4.78 is 1.31. The fourth-order valence-corrected chi connectivity index (χ4v) is 2.94. The summed E-state index contributed by atoms with van der Waals surface area (Å²) in [6.45, 7) is 2.25. The molecule has 0 spiro atoms. The quantitative estimate of drug-likeness (QED) is 0.563. The second-order valence-corrected chi connectivity index (χ2v) is 6.13. The maximum Gasteiger partial charge on any atom is 0.294 e. The molecule has 4 rings (SSSR count). The van der Waals surface area contributed by atoms with E-state index in [0.29, 0.717) is 23.3 Å². The molecule has 0 atom stereocenters. The number of aromatic nitrogens is 2. The van der Waals surface area contributed by atoms with E-state index in [1.54, 1.807) is 6.07 Å². The molecule has 0 unspecified atom stereocenters. The van der Waals surface area contributed by atoms with Gasteiger partial charge in [0.25, 0.3) is 5.56 Å². The van der Waals surface area contributed by atoms with Crippen LogP contribution < -0.4 is 10.4 Å². The van der Waals surface area contributed by atoms with Crippen LogP contribution in [-0.4, -0.2) is 9.71 Å². The van der Waals surface area contributed by atoms with Crippen molar-refractivity contribution in [2.75, 3.05) is 0 Å². The highest BCUT2D eigenvalue weighted by Crippen LogP contribution is 2.20. The number of aryl methyl sites for hydroxylation is 1. The van der Waals surface area contributed by atoms with E-state index in [-0.39, 0.29) is 5.56 Å². The normalized spacial score (nSPS) is 10.8. The lowest BCUT2D eigenvalue weighted by atomic mass is 10.1. The maximum absolute atomic E-state index is 13.1. The molecule has 0 aliphatic rings. The first-order chi connectivity index (χ1) is 12.7. The number of fused-ring (bicyclic) bond motifs is 1. The zero-order valence-electron chi connectivity index (χ0n) is 14.4. The van der Waals surface area contributed by atoms with E-state index in [0.717, 1.165) is 16.7 Å². The second-order valence-electron chi connectivity index (χ2n) is 6.13. The molecule has 26 heavy (non-hydrogen) atoms. The highest BCUT2D eigenvalue weighted by atomic mass is 16.7. The lowest BCUT2D eigenvalue weighted by Crippen LogP contribution is -2.29. The van der Waals surface area contributed by atoms with Crippen LogP contribution in [0.1, 0.15) is 11.1 Å². The van der Waals surface area contributed by atoms with Crippen molar-refractivity contribution in [2.24, 2.45) is 0 Å². The smallest absolute Gasteiger partial charge is 0.294 e. The number of hydrogen-bond acceptors (Lipinski definition) is 3. The van der Waals surface area contributed by atoms with Crippen LogP contribution in [0, 0.1) is 6.92 Å². The van der Waals surface area contributed by atoms with Gasteiger partial charge in [-0.05, 0) is 24.1 Å². The summed E-state index contributed by atoms with van der Waals surface area (Å²) in [5, 5.41) is 0.553. The van der Waals surface area contributed by atoms with Crippen LogP contribution in [0.5, 0.6) is 0 Å². The number of benzene rings is 3. The van der Waals surface area contributed by atoms with Gasteiger partial charge in [-0.1, -0.05) is 72.8 Å². The van der Waals surface area contributed by atoms with E-state index < -0.39 is 0 Å². The number of para-hydroxylation sites is 1. The summed E-state index contributed by atoms with van der Waals surface area (Å²) in [4.78, 5) is 23.7. The van der Waals surface area contributed by atoms with Crippen molar-refractivity contribution in [1.82, 2.24) is 9.71 Å². The number of hydrogen-bond donors (Lipinski definition) is 0. The van der Waals surface area contributed by atoms with E-state index >= 15 is 0 Å². The predicted molar refractivity (Wildman–Crippen MR) is 103 cm³/mol. The van der Waals surface area contributed by atoms with Gasteiger partial charge in [-0.2, -0.15) is 0 Å². The van der Waals surface area contributed by atoms with Crippen LogP contribution >= 0.6 is 0 Å². The molecule has 1 heterocycles. The number of nitrogens with zero attached hydrogens (tertiary/aromatic N) is 2. The molecule has 4 nitrogen and oxygen atoms in total. The first-order valence-electron chi connectivity index (χ1n) is 8.49. The van der Waals surface area contributed by atoms with Gasteiger partial charge in [0.05, 0.1) is 10.9 Å². The van der Waals surface area contributed by atoms with Gasteiger partial charge in [-0.25, -0.2) is 4.98 Å². The minimum atomic E-state index is -0.200. The molecule has 4 heteroatoms. The van der Waals surface area contributed by atoms with Gasteiger partial charge in [0.15, 0.2) is 5.82 Å². The Balaban J connectivity index is 1.89. The molecule has 0 saturated heterocycles. The van der Waals surface area contributed by atoms with Crippen molar-refractivity contribution in [3.05, 3.63) is 100 Å². The standard InChI is InChI=1S/C22H18N2O2/c1-16-9-8-14-19-20(16)23-21(18-12-6-3-7-13-18)24(22(19)25)26-15-17-10-4-2-5-11-17/h2-14H,15H2,1H3. The maximum atomic E-state index is 13.1. The molecule has 0 radical (unpaired) electrons. The van der Waals surface area contributed by atoms with E-state index in [1.165, 1.54) is 4.73 Å². The molecule has 0 amide bonds. The van der Waals surface area contributed by atoms with Crippen LogP contribution in [0.3, 0.4) is 0 Å². The Hall–Kier alpha value is -3.40. The van der Waals surface area contributed by atoms with Gasteiger partial charge < -0.3 is 4.84 Å². The molecule has 3 aromatic carbocycles. The first kappa shape index (κ1) is 16.1. The van der Waals surface area contributed by atoms with Crippen LogP contribution in [0.2, 0.25) is 0 Å². The Labute approximate surface area is 151 Å². The van der Waals surface area contributed by atoms with Crippen LogP contribution in [-0.2, 0) is 6.61 Å². The van der Waals surface area contributed by atoms with Crippen LogP contribution in [0.15, 0.2) is 83.7 Å². The fourth-order valence-electron chi connectivity index (χ4n) is 2.94. The van der Waals surface area contributed by atoms with E-state index in [9.17, 15) is 4.79 Å². The summed E-state index contributed by atoms with van der Waals surface area (Å²) in [5.74, 6) is 0.508. The highest BCUT2D eigenvalue weighted by Gasteiger charge is 2.15. The predicted octanol–water partition coefficient (Wildman–Crippen LogP) is 4.00. The van der Waals surface area contributed by atoms with Crippen molar-refractivity contribution < 1.29 is 4.84 Å². The molecule has 0 bridgehead atoms. The zero-order valence-corrected chi connectivity index (χ0v) is 14.4.